The van der Waals surface area contributed by atoms with Crippen LogP contribution in [0.1, 0.15) is 12.8 Å². The average Bonchev–Trinajstić information content (AvgIpc) is 3.12. The van der Waals surface area contributed by atoms with Crippen molar-refractivity contribution in [1.29, 1.82) is 0 Å². The van der Waals surface area contributed by atoms with Crippen molar-refractivity contribution in [3.63, 3.8) is 0 Å². The van der Waals surface area contributed by atoms with Crippen LogP contribution in [0.4, 0.5) is 4.79 Å². The molecule has 3 amide bonds. The molecule has 0 radical (unpaired) electrons. The first-order chi connectivity index (χ1) is 8.49. The molecule has 2 rings (SSSR count). The molecule has 0 bridgehead atoms. The molecule has 1 N–H and O–H groups in total. The summed E-state index contributed by atoms with van der Waals surface area (Å²) < 4.78 is 0. The largest absolute Gasteiger partial charge is 0.480 e. The number of carbonyl (C=O) groups excluding carboxylic acids is 2. The number of hydrogen-bond acceptors (Lipinski definition) is 3. The topological polar surface area (TPSA) is 81.2 Å². The van der Waals surface area contributed by atoms with Gasteiger partial charge in [0.25, 0.3) is 0 Å². The molecule has 0 unspecified atom stereocenters. The maximum Gasteiger partial charge on any atom is 0.323 e. The number of urea groups is 1. The minimum Gasteiger partial charge on any atom is -0.480 e. The molecule has 7 heteroatoms. The van der Waals surface area contributed by atoms with Crippen LogP contribution in [0.2, 0.25) is 0 Å². The Morgan fingerprint density at radius 1 is 1.39 bits per heavy atom. The lowest BCUT2D eigenvalue weighted by molar-refractivity contribution is -0.138. The van der Waals surface area contributed by atoms with Crippen LogP contribution in [0.25, 0.3) is 0 Å². The molecule has 1 heterocycles. The zero-order chi connectivity index (χ0) is 13.3. The van der Waals surface area contributed by atoms with Gasteiger partial charge in [0, 0.05) is 26.2 Å². The van der Waals surface area contributed by atoms with E-state index < -0.39 is 5.97 Å². The van der Waals surface area contributed by atoms with Crippen molar-refractivity contribution in [3.8, 4) is 0 Å². The molecule has 18 heavy (non-hydrogen) atoms. The van der Waals surface area contributed by atoms with E-state index in [1.165, 1.54) is 9.80 Å². The van der Waals surface area contributed by atoms with E-state index in [1.807, 2.05) is 0 Å². The molecule has 0 aromatic rings. The lowest BCUT2D eigenvalue weighted by Gasteiger charge is -2.35. The van der Waals surface area contributed by atoms with Crippen LogP contribution in [-0.2, 0) is 9.59 Å². The zero-order valence-electron chi connectivity index (χ0n) is 10.3. The SMILES string of the molecule is CN1CCN(C(=O)N(CC(=O)O)C2CC2)CC1=O. The Bertz CT molecular complexity index is 380. The van der Waals surface area contributed by atoms with Gasteiger partial charge in [0.1, 0.15) is 13.1 Å². The van der Waals surface area contributed by atoms with E-state index in [0.29, 0.717) is 13.1 Å². The van der Waals surface area contributed by atoms with E-state index >= 15 is 0 Å². The van der Waals surface area contributed by atoms with E-state index in [1.54, 1.807) is 11.9 Å². The van der Waals surface area contributed by atoms with Gasteiger partial charge in [0.2, 0.25) is 5.91 Å². The molecule has 1 saturated carbocycles. The summed E-state index contributed by atoms with van der Waals surface area (Å²) in [5, 5.41) is 8.81. The van der Waals surface area contributed by atoms with E-state index in [9.17, 15) is 14.4 Å². The third kappa shape index (κ3) is 2.72. The van der Waals surface area contributed by atoms with Gasteiger partial charge in [-0.05, 0) is 12.8 Å². The van der Waals surface area contributed by atoms with E-state index in [-0.39, 0.29) is 31.1 Å². The number of carboxylic acid groups (broad SMARTS) is 1. The summed E-state index contributed by atoms with van der Waals surface area (Å²) in [7, 11) is 1.69. The van der Waals surface area contributed by atoms with Crippen molar-refractivity contribution < 1.29 is 19.5 Å². The van der Waals surface area contributed by atoms with Crippen LogP contribution >= 0.6 is 0 Å². The maximum atomic E-state index is 12.2. The Hall–Kier alpha value is -1.79. The summed E-state index contributed by atoms with van der Waals surface area (Å²) in [6.07, 6.45) is 1.70. The van der Waals surface area contributed by atoms with Gasteiger partial charge in [-0.1, -0.05) is 0 Å². The number of hydrogen-bond donors (Lipinski definition) is 1. The van der Waals surface area contributed by atoms with Crippen LogP contribution < -0.4 is 0 Å². The Balaban J connectivity index is 2.00. The molecule has 0 aromatic carbocycles. The fourth-order valence-corrected chi connectivity index (χ4v) is 1.99. The first-order valence-corrected chi connectivity index (χ1v) is 6.00. The highest BCUT2D eigenvalue weighted by atomic mass is 16.4. The molecule has 1 aliphatic carbocycles. The predicted molar refractivity (Wildman–Crippen MR) is 62.0 cm³/mol. The van der Waals surface area contributed by atoms with Crippen molar-refractivity contribution >= 4 is 17.9 Å². The highest BCUT2D eigenvalue weighted by molar-refractivity contribution is 5.87. The highest BCUT2D eigenvalue weighted by Gasteiger charge is 2.37. The first-order valence-electron chi connectivity index (χ1n) is 6.00. The van der Waals surface area contributed by atoms with Gasteiger partial charge in [-0.3, -0.25) is 9.59 Å². The Kier molecular flexibility index (Phi) is 3.40. The molecule has 0 aromatic heterocycles. The number of likely N-dealkylation sites (N-methyl/N-ethyl adjacent to an activating group) is 1. The van der Waals surface area contributed by atoms with Gasteiger partial charge < -0.3 is 19.8 Å². The summed E-state index contributed by atoms with van der Waals surface area (Å²) in [5.74, 6) is -1.13. The molecular weight excluding hydrogens is 238 g/mol. The van der Waals surface area contributed by atoms with Gasteiger partial charge in [-0.2, -0.15) is 0 Å². The van der Waals surface area contributed by atoms with Crippen molar-refractivity contribution in [3.05, 3.63) is 0 Å². The molecule has 1 saturated heterocycles. The van der Waals surface area contributed by atoms with Crippen molar-refractivity contribution in [1.82, 2.24) is 14.7 Å². The number of carboxylic acids is 1. The average molecular weight is 255 g/mol. The number of nitrogens with zero attached hydrogens (tertiary/aromatic N) is 3. The molecule has 0 spiro atoms. The summed E-state index contributed by atoms with van der Waals surface area (Å²) in [6, 6.07) is -0.301. The van der Waals surface area contributed by atoms with Gasteiger partial charge in [0.15, 0.2) is 0 Å². The highest BCUT2D eigenvalue weighted by Crippen LogP contribution is 2.27. The third-order valence-corrected chi connectivity index (χ3v) is 3.27. The van der Waals surface area contributed by atoms with E-state index in [0.717, 1.165) is 12.8 Å². The number of amides is 3. The van der Waals surface area contributed by atoms with Crippen molar-refractivity contribution in [2.24, 2.45) is 0 Å². The monoisotopic (exact) mass is 255 g/mol. The second-order valence-electron chi connectivity index (χ2n) is 4.77. The molecule has 2 aliphatic rings. The summed E-state index contributed by atoms with van der Waals surface area (Å²) in [4.78, 5) is 38.8. The van der Waals surface area contributed by atoms with Crippen LogP contribution in [0, 0.1) is 0 Å². The fraction of sp³-hybridized carbons (Fsp3) is 0.727. The minimum absolute atomic E-state index is 0.0309. The first kappa shape index (κ1) is 12.7. The fourth-order valence-electron chi connectivity index (χ4n) is 1.99. The number of carbonyl (C=O) groups is 3. The normalized spacial score (nSPS) is 19.9. The number of rotatable bonds is 3. The minimum atomic E-state index is -1.02. The van der Waals surface area contributed by atoms with Gasteiger partial charge in [-0.25, -0.2) is 4.79 Å². The standard InChI is InChI=1S/C11H17N3O4/c1-12-4-5-13(6-9(12)15)11(18)14(7-10(16)17)8-2-3-8/h8H,2-7H2,1H3,(H,16,17). The molecule has 100 valence electrons. The van der Waals surface area contributed by atoms with Crippen molar-refractivity contribution in [2.75, 3.05) is 33.2 Å². The lowest BCUT2D eigenvalue weighted by atomic mass is 10.3. The van der Waals surface area contributed by atoms with Crippen LogP contribution in [-0.4, -0.2) is 77.0 Å². The van der Waals surface area contributed by atoms with Crippen molar-refractivity contribution in [2.45, 2.75) is 18.9 Å². The maximum absolute atomic E-state index is 12.2. The van der Waals surface area contributed by atoms with Crippen LogP contribution in [0.15, 0.2) is 0 Å². The number of aliphatic carboxylic acids is 1. The van der Waals surface area contributed by atoms with Crippen LogP contribution in [0.3, 0.4) is 0 Å². The van der Waals surface area contributed by atoms with E-state index in [4.69, 9.17) is 5.11 Å². The third-order valence-electron chi connectivity index (χ3n) is 3.27. The molecule has 0 atom stereocenters. The smallest absolute Gasteiger partial charge is 0.323 e. The molecule has 7 nitrogen and oxygen atoms in total. The second kappa shape index (κ2) is 4.83. The molecule has 2 fully saturated rings. The van der Waals surface area contributed by atoms with Gasteiger partial charge >= 0.3 is 12.0 Å². The second-order valence-corrected chi connectivity index (χ2v) is 4.77. The summed E-state index contributed by atoms with van der Waals surface area (Å²) >= 11 is 0. The lowest BCUT2D eigenvalue weighted by Crippen LogP contribution is -2.55. The Labute approximate surface area is 105 Å². The predicted octanol–water partition coefficient (Wildman–Crippen LogP) is -0.571. The quantitative estimate of drug-likeness (QED) is 0.732. The number of piperazine rings is 1. The zero-order valence-corrected chi connectivity index (χ0v) is 10.3. The van der Waals surface area contributed by atoms with Crippen LogP contribution in [0.5, 0.6) is 0 Å². The Morgan fingerprint density at radius 3 is 2.56 bits per heavy atom. The van der Waals surface area contributed by atoms with Gasteiger partial charge in [-0.15, -0.1) is 0 Å². The Morgan fingerprint density at radius 2 is 2.06 bits per heavy atom. The molecular formula is C11H17N3O4. The summed E-state index contributed by atoms with van der Waals surface area (Å²) in [6.45, 7) is 0.711. The summed E-state index contributed by atoms with van der Waals surface area (Å²) in [5.41, 5.74) is 0. The molecule has 1 aliphatic heterocycles. The van der Waals surface area contributed by atoms with Gasteiger partial charge in [0.05, 0.1) is 0 Å². The van der Waals surface area contributed by atoms with E-state index in [2.05, 4.69) is 0 Å².